The minimum Gasteiger partial charge on any atom is -0.497 e. The van der Waals surface area contributed by atoms with Crippen molar-refractivity contribution >= 4 is 18.1 Å². The molecule has 1 radical (unpaired) electrons. The zero-order chi connectivity index (χ0) is 10.8. The molecule has 89 valence electrons. The third-order valence-electron chi connectivity index (χ3n) is 2.93. The molecule has 0 saturated carbocycles. The van der Waals surface area contributed by atoms with Crippen LogP contribution in [-0.2, 0) is 6.42 Å². The van der Waals surface area contributed by atoms with Crippen molar-refractivity contribution in [1.29, 1.82) is 0 Å². The van der Waals surface area contributed by atoms with Crippen LogP contribution in [0.1, 0.15) is 12.5 Å². The summed E-state index contributed by atoms with van der Waals surface area (Å²) in [5.74, 6) is 0.893. The molecule has 0 amide bonds. The number of hydrogen-bond acceptors (Lipinski definition) is 3. The summed E-state index contributed by atoms with van der Waals surface area (Å²) < 4.78 is 5.22. The lowest BCUT2D eigenvalue weighted by molar-refractivity contribution is 0.415. The van der Waals surface area contributed by atoms with Gasteiger partial charge in [-0.05, 0) is 24.5 Å². The second kappa shape index (κ2) is 5.41. The first-order valence-corrected chi connectivity index (χ1v) is 5.25. The number of fused-ring (bicyclic) bond motifs is 1. The Bertz CT molecular complexity index is 357. The average molecular weight is 242 g/mol. The van der Waals surface area contributed by atoms with E-state index in [1.165, 1.54) is 11.3 Å². The smallest absolute Gasteiger partial charge is 0.120 e. The van der Waals surface area contributed by atoms with E-state index in [1.54, 1.807) is 7.11 Å². The molecule has 0 fully saturated rings. The summed E-state index contributed by atoms with van der Waals surface area (Å²) in [7, 11) is 1.69. The highest BCUT2D eigenvalue weighted by Gasteiger charge is 2.23. The number of nitrogens with two attached hydrogens (primary N) is 1. The Morgan fingerprint density at radius 1 is 1.50 bits per heavy atom. The first-order valence-electron chi connectivity index (χ1n) is 5.25. The van der Waals surface area contributed by atoms with Crippen LogP contribution in [0.15, 0.2) is 18.2 Å². The minimum absolute atomic E-state index is 0. The molecule has 1 aromatic rings. The highest BCUT2D eigenvalue weighted by molar-refractivity contribution is 5.85. The molecular formula is C12H18ClN2O. The Hall–Kier alpha value is -0.930. The number of rotatable bonds is 3. The summed E-state index contributed by atoms with van der Waals surface area (Å²) in [5, 5.41) is 0. The van der Waals surface area contributed by atoms with Gasteiger partial charge in [0.1, 0.15) is 5.75 Å². The summed E-state index contributed by atoms with van der Waals surface area (Å²) in [5.41, 5.74) is 8.58. The van der Waals surface area contributed by atoms with Gasteiger partial charge in [0, 0.05) is 18.3 Å². The standard InChI is InChI=1S/C12H17N2O.ClH/c1-3-12(13)14-7-6-9-4-5-10(15-2)8-11(9)14;/h3-5,8,12H,6-7,13H2,1-2H3;1H/t12-;/m0./s1. The van der Waals surface area contributed by atoms with Crippen molar-refractivity contribution in [3.63, 3.8) is 0 Å². The van der Waals surface area contributed by atoms with Gasteiger partial charge in [0.15, 0.2) is 0 Å². The molecule has 1 aliphatic rings. The van der Waals surface area contributed by atoms with Gasteiger partial charge in [-0.2, -0.15) is 0 Å². The molecule has 0 aromatic heterocycles. The van der Waals surface area contributed by atoms with Crippen LogP contribution >= 0.6 is 12.4 Å². The first-order chi connectivity index (χ1) is 7.26. The molecule has 0 bridgehead atoms. The number of methoxy groups -OCH3 is 1. The molecule has 16 heavy (non-hydrogen) atoms. The first kappa shape index (κ1) is 13.1. The maximum absolute atomic E-state index is 6.01. The molecule has 0 saturated heterocycles. The third kappa shape index (κ3) is 2.25. The van der Waals surface area contributed by atoms with Gasteiger partial charge in [-0.25, -0.2) is 0 Å². The van der Waals surface area contributed by atoms with Crippen LogP contribution in [0.3, 0.4) is 0 Å². The van der Waals surface area contributed by atoms with Gasteiger partial charge in [-0.3, -0.25) is 0 Å². The van der Waals surface area contributed by atoms with Crippen molar-refractivity contribution in [2.75, 3.05) is 18.6 Å². The maximum atomic E-state index is 6.01. The normalized spacial score (nSPS) is 15.3. The Kier molecular flexibility index (Phi) is 4.44. The average Bonchev–Trinajstić information content (AvgIpc) is 2.70. The van der Waals surface area contributed by atoms with Crippen molar-refractivity contribution in [1.82, 2.24) is 0 Å². The lowest BCUT2D eigenvalue weighted by Gasteiger charge is -2.25. The van der Waals surface area contributed by atoms with Crippen LogP contribution in [0.5, 0.6) is 5.75 Å². The predicted octanol–water partition coefficient (Wildman–Crippen LogP) is 1.99. The zero-order valence-electron chi connectivity index (χ0n) is 9.64. The molecule has 0 aliphatic carbocycles. The van der Waals surface area contributed by atoms with Gasteiger partial charge in [-0.1, -0.05) is 13.0 Å². The summed E-state index contributed by atoms with van der Waals surface area (Å²) in [6.07, 6.45) is 3.08. The highest BCUT2D eigenvalue weighted by atomic mass is 35.5. The van der Waals surface area contributed by atoms with Gasteiger partial charge < -0.3 is 15.4 Å². The zero-order valence-corrected chi connectivity index (χ0v) is 10.5. The Balaban J connectivity index is 0.00000128. The fraction of sp³-hybridized carbons (Fsp3) is 0.417. The molecule has 4 heteroatoms. The highest BCUT2D eigenvalue weighted by Crippen LogP contribution is 2.32. The monoisotopic (exact) mass is 241 g/mol. The van der Waals surface area contributed by atoms with Gasteiger partial charge in [-0.15, -0.1) is 12.4 Å². The lowest BCUT2D eigenvalue weighted by Crippen LogP contribution is -2.40. The molecule has 0 unspecified atom stereocenters. The molecular weight excluding hydrogens is 224 g/mol. The Labute approximate surface area is 103 Å². The van der Waals surface area contributed by atoms with Crippen LogP contribution in [0.4, 0.5) is 5.69 Å². The van der Waals surface area contributed by atoms with E-state index in [1.807, 2.05) is 19.4 Å². The molecule has 1 aromatic carbocycles. The maximum Gasteiger partial charge on any atom is 0.120 e. The fourth-order valence-corrected chi connectivity index (χ4v) is 2.00. The molecule has 2 rings (SSSR count). The summed E-state index contributed by atoms with van der Waals surface area (Å²) in [6.45, 7) is 2.98. The summed E-state index contributed by atoms with van der Waals surface area (Å²) in [6, 6.07) is 6.19. The van der Waals surface area contributed by atoms with Gasteiger partial charge in [0.2, 0.25) is 0 Å². The molecule has 1 atom stereocenters. The molecule has 1 heterocycles. The largest absolute Gasteiger partial charge is 0.497 e. The van der Waals surface area contributed by atoms with Crippen molar-refractivity contribution < 1.29 is 4.74 Å². The molecule has 0 spiro atoms. The van der Waals surface area contributed by atoms with Crippen LogP contribution in [0, 0.1) is 6.42 Å². The van der Waals surface area contributed by atoms with E-state index in [0.717, 1.165) is 18.7 Å². The van der Waals surface area contributed by atoms with Crippen molar-refractivity contribution in [2.45, 2.75) is 19.5 Å². The summed E-state index contributed by atoms with van der Waals surface area (Å²) >= 11 is 0. The number of halogens is 1. The van der Waals surface area contributed by atoms with Gasteiger partial charge in [0.05, 0.1) is 13.3 Å². The van der Waals surface area contributed by atoms with E-state index in [2.05, 4.69) is 17.0 Å². The van der Waals surface area contributed by atoms with E-state index in [0.29, 0.717) is 0 Å². The minimum atomic E-state index is -0.00152. The van der Waals surface area contributed by atoms with Crippen LogP contribution in [-0.4, -0.2) is 19.8 Å². The predicted molar refractivity (Wildman–Crippen MR) is 69.2 cm³/mol. The van der Waals surface area contributed by atoms with E-state index in [9.17, 15) is 0 Å². The van der Waals surface area contributed by atoms with Crippen molar-refractivity contribution in [2.24, 2.45) is 5.73 Å². The lowest BCUT2D eigenvalue weighted by atomic mass is 10.1. The van der Waals surface area contributed by atoms with E-state index in [4.69, 9.17) is 10.5 Å². The summed E-state index contributed by atoms with van der Waals surface area (Å²) in [4.78, 5) is 2.21. The fourth-order valence-electron chi connectivity index (χ4n) is 2.00. The van der Waals surface area contributed by atoms with Crippen LogP contribution in [0.2, 0.25) is 0 Å². The molecule has 2 N–H and O–H groups in total. The van der Waals surface area contributed by atoms with E-state index in [-0.39, 0.29) is 18.6 Å². The van der Waals surface area contributed by atoms with Gasteiger partial charge >= 0.3 is 0 Å². The second-order valence-corrected chi connectivity index (χ2v) is 3.76. The number of hydrogen-bond donors (Lipinski definition) is 1. The molecule has 1 aliphatic heterocycles. The molecule has 3 nitrogen and oxygen atoms in total. The number of anilines is 1. The number of benzene rings is 1. The van der Waals surface area contributed by atoms with E-state index < -0.39 is 0 Å². The van der Waals surface area contributed by atoms with Crippen LogP contribution in [0.25, 0.3) is 0 Å². The second-order valence-electron chi connectivity index (χ2n) is 3.76. The van der Waals surface area contributed by atoms with Crippen molar-refractivity contribution in [3.8, 4) is 5.75 Å². The van der Waals surface area contributed by atoms with E-state index >= 15 is 0 Å². The van der Waals surface area contributed by atoms with Crippen LogP contribution < -0.4 is 15.4 Å². The number of ether oxygens (including phenoxy) is 1. The topological polar surface area (TPSA) is 38.5 Å². The van der Waals surface area contributed by atoms with Crippen molar-refractivity contribution in [3.05, 3.63) is 30.2 Å². The third-order valence-corrected chi connectivity index (χ3v) is 2.93. The van der Waals surface area contributed by atoms with Gasteiger partial charge in [0.25, 0.3) is 0 Å². The Morgan fingerprint density at radius 3 is 2.88 bits per heavy atom. The SMILES string of the molecule is C[CH][C@@H](N)N1CCc2ccc(OC)cc21.Cl. The Morgan fingerprint density at radius 2 is 2.25 bits per heavy atom. The quantitative estimate of drug-likeness (QED) is 0.880. The number of nitrogens with zero attached hydrogens (tertiary/aromatic N) is 1.